The van der Waals surface area contributed by atoms with Gasteiger partial charge in [0.1, 0.15) is 0 Å². The predicted octanol–water partition coefficient (Wildman–Crippen LogP) is 2.92. The molecule has 0 amide bonds. The number of aliphatic hydroxyl groups excluding tert-OH is 1. The smallest absolute Gasteiger partial charge is 0.0558 e. The van der Waals surface area contributed by atoms with Crippen LogP contribution in [0.2, 0.25) is 5.02 Å². The lowest BCUT2D eigenvalue weighted by Crippen LogP contribution is -2.26. The molecule has 0 unspecified atom stereocenters. The zero-order chi connectivity index (χ0) is 11.3. The lowest BCUT2D eigenvalue weighted by Gasteiger charge is -2.19. The molecule has 15 heavy (non-hydrogen) atoms. The van der Waals surface area contributed by atoms with Gasteiger partial charge in [-0.25, -0.2) is 0 Å². The van der Waals surface area contributed by atoms with E-state index >= 15 is 0 Å². The van der Waals surface area contributed by atoms with Crippen molar-refractivity contribution >= 4 is 27.5 Å². The molecule has 2 nitrogen and oxygen atoms in total. The van der Waals surface area contributed by atoms with Crippen LogP contribution in [0.3, 0.4) is 0 Å². The number of benzene rings is 1. The van der Waals surface area contributed by atoms with Crippen LogP contribution >= 0.6 is 27.5 Å². The van der Waals surface area contributed by atoms with E-state index in [1.165, 1.54) is 5.56 Å². The summed E-state index contributed by atoms with van der Waals surface area (Å²) in [6.45, 7) is 4.76. The van der Waals surface area contributed by atoms with E-state index in [-0.39, 0.29) is 6.61 Å². The van der Waals surface area contributed by atoms with E-state index in [0.717, 1.165) is 22.6 Å². The van der Waals surface area contributed by atoms with Crippen LogP contribution in [-0.4, -0.2) is 29.7 Å². The van der Waals surface area contributed by atoms with Gasteiger partial charge in [0.05, 0.1) is 11.6 Å². The van der Waals surface area contributed by atoms with Gasteiger partial charge in [0.2, 0.25) is 0 Å². The predicted molar refractivity (Wildman–Crippen MR) is 67.2 cm³/mol. The summed E-state index contributed by atoms with van der Waals surface area (Å²) in [6.07, 6.45) is 0. The van der Waals surface area contributed by atoms with Crippen LogP contribution < -0.4 is 0 Å². The zero-order valence-electron chi connectivity index (χ0n) is 8.71. The second-order valence-electron chi connectivity index (χ2n) is 3.34. The lowest BCUT2D eigenvalue weighted by molar-refractivity contribution is 0.197. The topological polar surface area (TPSA) is 23.5 Å². The Hall–Kier alpha value is -0.0900. The minimum absolute atomic E-state index is 0.197. The summed E-state index contributed by atoms with van der Waals surface area (Å²) >= 11 is 9.31. The van der Waals surface area contributed by atoms with Gasteiger partial charge >= 0.3 is 0 Å². The fraction of sp³-hybridized carbons (Fsp3) is 0.455. The Balaban J connectivity index is 2.66. The summed E-state index contributed by atoms with van der Waals surface area (Å²) in [4.78, 5) is 2.18. The monoisotopic (exact) mass is 291 g/mol. The molecule has 1 aromatic rings. The molecule has 0 heterocycles. The Morgan fingerprint density at radius 3 is 2.73 bits per heavy atom. The third kappa shape index (κ3) is 4.11. The largest absolute Gasteiger partial charge is 0.395 e. The number of hydrogen-bond acceptors (Lipinski definition) is 2. The van der Waals surface area contributed by atoms with Crippen LogP contribution in [0.5, 0.6) is 0 Å². The fourth-order valence-electron chi connectivity index (χ4n) is 1.39. The Labute approximate surface area is 104 Å². The summed E-state index contributed by atoms with van der Waals surface area (Å²) in [5, 5.41) is 9.60. The molecule has 0 spiro atoms. The number of rotatable bonds is 5. The third-order valence-electron chi connectivity index (χ3n) is 2.25. The summed E-state index contributed by atoms with van der Waals surface area (Å²) < 4.78 is 0.918. The summed E-state index contributed by atoms with van der Waals surface area (Å²) in [6, 6.07) is 5.91. The summed E-state index contributed by atoms with van der Waals surface area (Å²) in [5.41, 5.74) is 1.20. The minimum Gasteiger partial charge on any atom is -0.395 e. The van der Waals surface area contributed by atoms with Crippen LogP contribution in [0, 0.1) is 0 Å². The first-order valence-corrected chi connectivity index (χ1v) is 6.11. The first-order chi connectivity index (χ1) is 7.17. The van der Waals surface area contributed by atoms with Crippen molar-refractivity contribution < 1.29 is 5.11 Å². The van der Waals surface area contributed by atoms with Crippen molar-refractivity contribution in [2.45, 2.75) is 13.5 Å². The average molecular weight is 293 g/mol. The summed E-state index contributed by atoms with van der Waals surface area (Å²) in [7, 11) is 0. The maximum Gasteiger partial charge on any atom is 0.0558 e. The molecule has 0 atom stereocenters. The highest BCUT2D eigenvalue weighted by atomic mass is 79.9. The normalized spacial score (nSPS) is 11.0. The van der Waals surface area contributed by atoms with Crippen LogP contribution in [0.25, 0.3) is 0 Å². The Morgan fingerprint density at radius 1 is 1.47 bits per heavy atom. The first kappa shape index (κ1) is 13.0. The van der Waals surface area contributed by atoms with Crippen molar-refractivity contribution in [2.75, 3.05) is 19.7 Å². The van der Waals surface area contributed by atoms with Crippen LogP contribution in [-0.2, 0) is 6.54 Å². The van der Waals surface area contributed by atoms with Crippen LogP contribution in [0.4, 0.5) is 0 Å². The van der Waals surface area contributed by atoms with E-state index in [1.807, 2.05) is 18.2 Å². The summed E-state index contributed by atoms with van der Waals surface area (Å²) in [5.74, 6) is 0. The van der Waals surface area contributed by atoms with Gasteiger partial charge in [-0.2, -0.15) is 0 Å². The second kappa shape index (κ2) is 6.48. The van der Waals surface area contributed by atoms with Crippen molar-refractivity contribution in [1.82, 2.24) is 4.90 Å². The molecule has 0 saturated carbocycles. The van der Waals surface area contributed by atoms with Gasteiger partial charge in [0.15, 0.2) is 0 Å². The van der Waals surface area contributed by atoms with Gasteiger partial charge in [-0.3, -0.25) is 4.90 Å². The molecule has 0 aromatic heterocycles. The number of likely N-dealkylation sites (N-methyl/N-ethyl adjacent to an activating group) is 1. The number of halogens is 2. The lowest BCUT2D eigenvalue weighted by atomic mass is 10.2. The van der Waals surface area contributed by atoms with Gasteiger partial charge in [0.25, 0.3) is 0 Å². The minimum atomic E-state index is 0.197. The van der Waals surface area contributed by atoms with E-state index in [2.05, 4.69) is 27.8 Å². The molecular formula is C11H15BrClNO. The van der Waals surface area contributed by atoms with Crippen molar-refractivity contribution in [1.29, 1.82) is 0 Å². The molecule has 0 aliphatic rings. The maximum absolute atomic E-state index is 8.87. The zero-order valence-corrected chi connectivity index (χ0v) is 11.1. The van der Waals surface area contributed by atoms with Crippen LogP contribution in [0.15, 0.2) is 22.7 Å². The highest BCUT2D eigenvalue weighted by molar-refractivity contribution is 9.10. The van der Waals surface area contributed by atoms with Crippen molar-refractivity contribution in [2.24, 2.45) is 0 Å². The SMILES string of the molecule is CCN(CCO)Cc1ccc(Cl)c(Br)c1. The molecule has 1 N–H and O–H groups in total. The van der Waals surface area contributed by atoms with E-state index in [0.29, 0.717) is 6.54 Å². The molecule has 0 radical (unpaired) electrons. The van der Waals surface area contributed by atoms with E-state index in [9.17, 15) is 0 Å². The third-order valence-corrected chi connectivity index (χ3v) is 3.47. The Bertz CT molecular complexity index is 319. The molecule has 0 bridgehead atoms. The molecular weight excluding hydrogens is 277 g/mol. The van der Waals surface area contributed by atoms with Crippen molar-refractivity contribution in [3.8, 4) is 0 Å². The van der Waals surface area contributed by atoms with E-state index < -0.39 is 0 Å². The molecule has 0 saturated heterocycles. The molecule has 1 aromatic carbocycles. The van der Waals surface area contributed by atoms with E-state index in [1.54, 1.807) is 0 Å². The van der Waals surface area contributed by atoms with Gasteiger partial charge < -0.3 is 5.11 Å². The van der Waals surface area contributed by atoms with Gasteiger partial charge in [-0.05, 0) is 40.2 Å². The Kier molecular flexibility index (Phi) is 5.61. The van der Waals surface area contributed by atoms with Crippen molar-refractivity contribution in [3.05, 3.63) is 33.3 Å². The fourth-order valence-corrected chi connectivity index (χ4v) is 1.93. The first-order valence-electron chi connectivity index (χ1n) is 4.94. The molecule has 0 fully saturated rings. The molecule has 4 heteroatoms. The quantitative estimate of drug-likeness (QED) is 0.902. The molecule has 84 valence electrons. The van der Waals surface area contributed by atoms with Gasteiger partial charge in [-0.15, -0.1) is 0 Å². The van der Waals surface area contributed by atoms with Crippen LogP contribution in [0.1, 0.15) is 12.5 Å². The standard InChI is InChI=1S/C11H15BrClNO/c1-2-14(5-6-15)8-9-3-4-11(13)10(12)7-9/h3-4,7,15H,2,5-6,8H2,1H3. The number of hydrogen-bond donors (Lipinski definition) is 1. The number of aliphatic hydroxyl groups is 1. The average Bonchev–Trinajstić information content (AvgIpc) is 2.23. The maximum atomic E-state index is 8.87. The highest BCUT2D eigenvalue weighted by Gasteiger charge is 2.04. The van der Waals surface area contributed by atoms with Gasteiger partial charge in [0, 0.05) is 17.6 Å². The second-order valence-corrected chi connectivity index (χ2v) is 4.60. The van der Waals surface area contributed by atoms with Gasteiger partial charge in [-0.1, -0.05) is 24.6 Å². The molecule has 0 aliphatic carbocycles. The molecule has 1 rings (SSSR count). The number of nitrogens with zero attached hydrogens (tertiary/aromatic N) is 1. The van der Waals surface area contributed by atoms with E-state index in [4.69, 9.17) is 16.7 Å². The Morgan fingerprint density at radius 2 is 2.20 bits per heavy atom. The highest BCUT2D eigenvalue weighted by Crippen LogP contribution is 2.23. The van der Waals surface area contributed by atoms with Crippen molar-refractivity contribution in [3.63, 3.8) is 0 Å². The molecule has 0 aliphatic heterocycles.